The van der Waals surface area contributed by atoms with Crippen LogP contribution in [0.1, 0.15) is 28.4 Å². The van der Waals surface area contributed by atoms with Crippen LogP contribution in [-0.2, 0) is 22.5 Å². The second-order valence-corrected chi connectivity index (χ2v) is 7.21. The van der Waals surface area contributed by atoms with Crippen LogP contribution in [0.3, 0.4) is 0 Å². The van der Waals surface area contributed by atoms with Gasteiger partial charge < -0.3 is 14.4 Å². The molecule has 0 aromatic heterocycles. The second kappa shape index (κ2) is 8.93. The smallest absolute Gasteiger partial charge is 0.248 e. The SMILES string of the molecule is COc1ccc2c(c1)CN(C(=O)COC(c1ccccc1)c1ccccc1)CC2. The Kier molecular flexibility index (Phi) is 5.92. The van der Waals surface area contributed by atoms with E-state index in [2.05, 4.69) is 6.07 Å². The number of methoxy groups -OCH3 is 1. The molecule has 0 saturated heterocycles. The lowest BCUT2D eigenvalue weighted by Gasteiger charge is -2.30. The summed E-state index contributed by atoms with van der Waals surface area (Å²) in [5, 5.41) is 0. The van der Waals surface area contributed by atoms with Crippen LogP contribution in [0, 0.1) is 0 Å². The Balaban J connectivity index is 1.46. The van der Waals surface area contributed by atoms with Gasteiger partial charge in [0, 0.05) is 13.1 Å². The maximum absolute atomic E-state index is 12.9. The van der Waals surface area contributed by atoms with Crippen molar-refractivity contribution in [2.24, 2.45) is 0 Å². The van der Waals surface area contributed by atoms with Gasteiger partial charge in [-0.15, -0.1) is 0 Å². The number of amides is 1. The Labute approximate surface area is 171 Å². The van der Waals surface area contributed by atoms with Crippen molar-refractivity contribution in [2.45, 2.75) is 19.1 Å². The molecule has 0 N–H and O–H groups in total. The van der Waals surface area contributed by atoms with Gasteiger partial charge in [0.05, 0.1) is 7.11 Å². The van der Waals surface area contributed by atoms with Crippen LogP contribution in [0.15, 0.2) is 78.9 Å². The molecule has 0 radical (unpaired) electrons. The fourth-order valence-electron chi connectivity index (χ4n) is 3.76. The Morgan fingerprint density at radius 2 is 1.59 bits per heavy atom. The Morgan fingerprint density at radius 3 is 2.21 bits per heavy atom. The summed E-state index contributed by atoms with van der Waals surface area (Å²) in [6.45, 7) is 1.35. The summed E-state index contributed by atoms with van der Waals surface area (Å²) in [5.74, 6) is 0.831. The third-order valence-electron chi connectivity index (χ3n) is 5.36. The molecule has 0 aliphatic carbocycles. The largest absolute Gasteiger partial charge is 0.497 e. The third-order valence-corrected chi connectivity index (χ3v) is 5.36. The van der Waals surface area contributed by atoms with Crippen molar-refractivity contribution in [3.63, 3.8) is 0 Å². The number of carbonyl (C=O) groups excluding carboxylic acids is 1. The van der Waals surface area contributed by atoms with Gasteiger partial charge in [-0.05, 0) is 40.8 Å². The van der Waals surface area contributed by atoms with Gasteiger partial charge in [-0.1, -0.05) is 66.7 Å². The normalized spacial score (nSPS) is 13.2. The van der Waals surface area contributed by atoms with Crippen molar-refractivity contribution in [1.29, 1.82) is 0 Å². The second-order valence-electron chi connectivity index (χ2n) is 7.21. The molecule has 0 saturated carbocycles. The Hall–Kier alpha value is -3.11. The Morgan fingerprint density at radius 1 is 0.931 bits per heavy atom. The predicted molar refractivity (Wildman–Crippen MR) is 113 cm³/mol. The highest BCUT2D eigenvalue weighted by molar-refractivity contribution is 5.78. The molecular formula is C25H25NO3. The van der Waals surface area contributed by atoms with Crippen molar-refractivity contribution in [3.05, 3.63) is 101 Å². The molecular weight excluding hydrogens is 362 g/mol. The molecule has 1 aliphatic rings. The van der Waals surface area contributed by atoms with E-state index >= 15 is 0 Å². The first-order chi connectivity index (χ1) is 14.2. The van der Waals surface area contributed by atoms with E-state index in [-0.39, 0.29) is 18.6 Å². The van der Waals surface area contributed by atoms with Crippen LogP contribution in [0.4, 0.5) is 0 Å². The fraction of sp³-hybridized carbons (Fsp3) is 0.240. The van der Waals surface area contributed by atoms with Crippen molar-refractivity contribution in [1.82, 2.24) is 4.90 Å². The highest BCUT2D eigenvalue weighted by atomic mass is 16.5. The van der Waals surface area contributed by atoms with E-state index in [1.54, 1.807) is 7.11 Å². The number of rotatable bonds is 6. The van der Waals surface area contributed by atoms with Crippen molar-refractivity contribution >= 4 is 5.91 Å². The molecule has 4 heteroatoms. The minimum Gasteiger partial charge on any atom is -0.497 e. The molecule has 0 atom stereocenters. The van der Waals surface area contributed by atoms with Crippen LogP contribution in [0.25, 0.3) is 0 Å². The molecule has 0 fully saturated rings. The van der Waals surface area contributed by atoms with Crippen LogP contribution in [0.2, 0.25) is 0 Å². The van der Waals surface area contributed by atoms with E-state index < -0.39 is 0 Å². The zero-order valence-electron chi connectivity index (χ0n) is 16.6. The number of fused-ring (bicyclic) bond motifs is 1. The summed E-state index contributed by atoms with van der Waals surface area (Å²) in [7, 11) is 1.66. The lowest BCUT2D eigenvalue weighted by molar-refractivity contribution is -0.138. The number of hydrogen-bond acceptors (Lipinski definition) is 3. The number of nitrogens with zero attached hydrogens (tertiary/aromatic N) is 1. The molecule has 0 unspecified atom stereocenters. The highest BCUT2D eigenvalue weighted by Gasteiger charge is 2.23. The summed E-state index contributed by atoms with van der Waals surface area (Å²) in [4.78, 5) is 14.8. The number of ether oxygens (including phenoxy) is 2. The van der Waals surface area contributed by atoms with E-state index in [1.807, 2.05) is 77.7 Å². The minimum atomic E-state index is -0.265. The topological polar surface area (TPSA) is 38.8 Å². The fourth-order valence-corrected chi connectivity index (χ4v) is 3.76. The molecule has 1 heterocycles. The maximum atomic E-state index is 12.9. The highest BCUT2D eigenvalue weighted by Crippen LogP contribution is 2.27. The van der Waals surface area contributed by atoms with Gasteiger partial charge in [0.1, 0.15) is 18.5 Å². The van der Waals surface area contributed by atoms with Gasteiger partial charge in [0.15, 0.2) is 0 Å². The van der Waals surface area contributed by atoms with Crippen molar-refractivity contribution < 1.29 is 14.3 Å². The first kappa shape index (κ1) is 19.2. The summed E-state index contributed by atoms with van der Waals surface area (Å²) >= 11 is 0. The first-order valence-electron chi connectivity index (χ1n) is 9.89. The molecule has 4 rings (SSSR count). The van der Waals surface area contributed by atoms with E-state index in [9.17, 15) is 4.79 Å². The molecule has 0 spiro atoms. The van der Waals surface area contributed by atoms with Gasteiger partial charge >= 0.3 is 0 Å². The van der Waals surface area contributed by atoms with Crippen LogP contribution in [-0.4, -0.2) is 31.1 Å². The number of hydrogen-bond donors (Lipinski definition) is 0. The third kappa shape index (κ3) is 4.49. The molecule has 3 aromatic rings. The van der Waals surface area contributed by atoms with E-state index in [0.717, 1.165) is 28.9 Å². The van der Waals surface area contributed by atoms with E-state index in [1.165, 1.54) is 5.56 Å². The summed E-state index contributed by atoms with van der Waals surface area (Å²) in [6, 6.07) is 26.2. The predicted octanol–water partition coefficient (Wildman–Crippen LogP) is 4.39. The zero-order chi connectivity index (χ0) is 20.1. The van der Waals surface area contributed by atoms with Gasteiger partial charge in [0.2, 0.25) is 5.91 Å². The maximum Gasteiger partial charge on any atom is 0.248 e. The van der Waals surface area contributed by atoms with Gasteiger partial charge in [0.25, 0.3) is 0 Å². The van der Waals surface area contributed by atoms with Gasteiger partial charge in [-0.2, -0.15) is 0 Å². The van der Waals surface area contributed by atoms with Crippen LogP contribution in [0.5, 0.6) is 5.75 Å². The van der Waals surface area contributed by atoms with E-state index in [0.29, 0.717) is 13.1 Å². The van der Waals surface area contributed by atoms with Crippen molar-refractivity contribution in [3.8, 4) is 5.75 Å². The first-order valence-corrected chi connectivity index (χ1v) is 9.89. The van der Waals surface area contributed by atoms with E-state index in [4.69, 9.17) is 9.47 Å². The van der Waals surface area contributed by atoms with Crippen LogP contribution < -0.4 is 4.74 Å². The lowest BCUT2D eigenvalue weighted by Crippen LogP contribution is -2.38. The minimum absolute atomic E-state index is 0.00957. The molecule has 1 aliphatic heterocycles. The number of carbonyl (C=O) groups is 1. The summed E-state index contributed by atoms with van der Waals surface area (Å²) in [6.07, 6.45) is 0.588. The molecule has 4 nitrogen and oxygen atoms in total. The molecule has 1 amide bonds. The average Bonchev–Trinajstić information content (AvgIpc) is 2.79. The average molecular weight is 387 g/mol. The molecule has 3 aromatic carbocycles. The molecule has 0 bridgehead atoms. The zero-order valence-corrected chi connectivity index (χ0v) is 16.6. The summed E-state index contributed by atoms with van der Waals surface area (Å²) < 4.78 is 11.5. The summed E-state index contributed by atoms with van der Waals surface area (Å²) in [5.41, 5.74) is 4.51. The Bertz CT molecular complexity index is 917. The molecule has 148 valence electrons. The molecule has 29 heavy (non-hydrogen) atoms. The monoisotopic (exact) mass is 387 g/mol. The van der Waals surface area contributed by atoms with Gasteiger partial charge in [-0.25, -0.2) is 0 Å². The van der Waals surface area contributed by atoms with Crippen LogP contribution >= 0.6 is 0 Å². The quantitative estimate of drug-likeness (QED) is 0.630. The van der Waals surface area contributed by atoms with Crippen molar-refractivity contribution in [2.75, 3.05) is 20.3 Å². The lowest BCUT2D eigenvalue weighted by atomic mass is 9.99. The number of benzene rings is 3. The standard InChI is InChI=1S/C25H25NO3/c1-28-23-13-12-19-14-15-26(17-22(19)16-23)24(27)18-29-25(20-8-4-2-5-9-20)21-10-6-3-7-11-21/h2-13,16,25H,14-15,17-18H2,1H3. The van der Waals surface area contributed by atoms with Gasteiger partial charge in [-0.3, -0.25) is 4.79 Å².